The molecule has 0 bridgehead atoms. The molecule has 0 fully saturated rings. The van der Waals surface area contributed by atoms with Crippen molar-refractivity contribution < 1.29 is 14.0 Å². The topological polar surface area (TPSA) is 75.4 Å². The third-order valence-electron chi connectivity index (χ3n) is 3.27. The monoisotopic (exact) mass is 315 g/mol. The molecule has 5 nitrogen and oxygen atoms in total. The summed E-state index contributed by atoms with van der Waals surface area (Å²) in [6.45, 7) is 1.51. The second-order valence-corrected chi connectivity index (χ2v) is 5.02. The van der Waals surface area contributed by atoms with Gasteiger partial charge in [0.2, 0.25) is 5.91 Å². The third-order valence-corrected chi connectivity index (χ3v) is 3.27. The van der Waals surface area contributed by atoms with Crippen LogP contribution >= 0.6 is 0 Å². The van der Waals surface area contributed by atoms with Gasteiger partial charge in [0.15, 0.2) is 0 Å². The average molecular weight is 315 g/mol. The number of urea groups is 1. The number of imide groups is 1. The molecule has 23 heavy (non-hydrogen) atoms. The predicted octanol–water partition coefficient (Wildman–Crippen LogP) is 2.71. The normalized spacial score (nSPS) is 10.2. The van der Waals surface area contributed by atoms with Gasteiger partial charge in [0.05, 0.1) is 5.69 Å². The van der Waals surface area contributed by atoms with Crippen LogP contribution in [0.25, 0.3) is 0 Å². The zero-order chi connectivity index (χ0) is 16.8. The van der Waals surface area contributed by atoms with Crippen LogP contribution in [0.3, 0.4) is 0 Å². The highest BCUT2D eigenvalue weighted by Gasteiger charge is 2.19. The number of benzene rings is 2. The first-order valence-electron chi connectivity index (χ1n) is 7.16. The lowest BCUT2D eigenvalue weighted by atomic mass is 10.1. The van der Waals surface area contributed by atoms with E-state index in [0.717, 1.165) is 4.90 Å². The Hall–Kier alpha value is -2.89. The fourth-order valence-corrected chi connectivity index (χ4v) is 2.19. The van der Waals surface area contributed by atoms with Gasteiger partial charge in [-0.05, 0) is 36.2 Å². The quantitative estimate of drug-likeness (QED) is 0.852. The molecule has 0 saturated carbocycles. The van der Waals surface area contributed by atoms with Crippen LogP contribution in [0.5, 0.6) is 0 Å². The van der Waals surface area contributed by atoms with E-state index in [1.807, 2.05) is 0 Å². The minimum Gasteiger partial charge on any atom is -0.399 e. The van der Waals surface area contributed by atoms with E-state index in [0.29, 0.717) is 23.4 Å². The largest absolute Gasteiger partial charge is 0.399 e. The molecule has 0 saturated heterocycles. The number of carbonyl (C=O) groups is 2. The molecular formula is C17H18FN3O2. The van der Waals surface area contributed by atoms with E-state index in [9.17, 15) is 14.0 Å². The van der Waals surface area contributed by atoms with Crippen LogP contribution in [0.1, 0.15) is 12.5 Å². The van der Waals surface area contributed by atoms with Crippen LogP contribution in [0.2, 0.25) is 0 Å². The van der Waals surface area contributed by atoms with Gasteiger partial charge in [0.1, 0.15) is 5.82 Å². The summed E-state index contributed by atoms with van der Waals surface area (Å²) in [5.74, 6) is -0.750. The number of nitrogens with zero attached hydrogens (tertiary/aromatic N) is 1. The first kappa shape index (κ1) is 16.5. The summed E-state index contributed by atoms with van der Waals surface area (Å²) in [5, 5.41) is 2.62. The lowest BCUT2D eigenvalue weighted by Gasteiger charge is -2.20. The molecule has 0 radical (unpaired) electrons. The molecule has 3 amide bonds. The molecule has 2 aromatic rings. The van der Waals surface area contributed by atoms with Crippen LogP contribution in [-0.4, -0.2) is 18.5 Å². The number of nitrogens with two attached hydrogens (primary N) is 1. The summed E-state index contributed by atoms with van der Waals surface area (Å²) in [6, 6.07) is 12.3. The molecule has 0 aromatic heterocycles. The Labute approximate surface area is 133 Å². The summed E-state index contributed by atoms with van der Waals surface area (Å²) in [7, 11) is 0. The Morgan fingerprint density at radius 2 is 1.91 bits per heavy atom. The van der Waals surface area contributed by atoms with Crippen LogP contribution in [-0.2, 0) is 11.2 Å². The van der Waals surface area contributed by atoms with E-state index in [-0.39, 0.29) is 12.4 Å². The van der Waals surface area contributed by atoms with Crippen molar-refractivity contribution in [1.29, 1.82) is 0 Å². The average Bonchev–Trinajstić information content (AvgIpc) is 2.49. The van der Waals surface area contributed by atoms with Crippen molar-refractivity contribution in [3.05, 3.63) is 59.9 Å². The van der Waals surface area contributed by atoms with Gasteiger partial charge in [-0.15, -0.1) is 0 Å². The number of hydrogen-bond donors (Lipinski definition) is 2. The Kier molecular flexibility index (Phi) is 5.30. The Balaban J connectivity index is 2.02. The number of hydrogen-bond acceptors (Lipinski definition) is 3. The van der Waals surface area contributed by atoms with Crippen LogP contribution in [0.4, 0.5) is 20.6 Å². The Morgan fingerprint density at radius 1 is 1.17 bits per heavy atom. The highest BCUT2D eigenvalue weighted by molar-refractivity contribution is 6.13. The SMILES string of the molecule is CC(=O)N(C(=O)NCCc1ccccc1F)c1cccc(N)c1. The van der Waals surface area contributed by atoms with Crippen molar-refractivity contribution >= 4 is 23.3 Å². The van der Waals surface area contributed by atoms with Crippen molar-refractivity contribution in [2.75, 3.05) is 17.2 Å². The zero-order valence-corrected chi connectivity index (χ0v) is 12.8. The first-order valence-corrected chi connectivity index (χ1v) is 7.16. The molecule has 0 heterocycles. The smallest absolute Gasteiger partial charge is 0.328 e. The van der Waals surface area contributed by atoms with Gasteiger partial charge >= 0.3 is 6.03 Å². The molecule has 0 unspecified atom stereocenters. The molecule has 3 N–H and O–H groups in total. The summed E-state index contributed by atoms with van der Waals surface area (Å²) >= 11 is 0. The lowest BCUT2D eigenvalue weighted by Crippen LogP contribution is -2.43. The van der Waals surface area contributed by atoms with Gasteiger partial charge in [0.25, 0.3) is 0 Å². The minimum atomic E-state index is -0.570. The first-order chi connectivity index (χ1) is 11.0. The second-order valence-electron chi connectivity index (χ2n) is 5.02. The molecule has 2 rings (SSSR count). The molecule has 0 aliphatic carbocycles. The Bertz CT molecular complexity index is 718. The molecule has 0 aliphatic heterocycles. The van der Waals surface area contributed by atoms with Gasteiger partial charge in [-0.1, -0.05) is 24.3 Å². The second kappa shape index (κ2) is 7.40. The molecule has 120 valence electrons. The maximum atomic E-state index is 13.5. The maximum absolute atomic E-state index is 13.5. The standard InChI is InChI=1S/C17H18FN3O2/c1-12(22)21(15-7-4-6-14(19)11-15)17(23)20-10-9-13-5-2-3-8-16(13)18/h2-8,11H,9-10,19H2,1H3,(H,20,23). The predicted molar refractivity (Wildman–Crippen MR) is 87.5 cm³/mol. The lowest BCUT2D eigenvalue weighted by molar-refractivity contribution is -0.115. The van der Waals surface area contributed by atoms with Crippen LogP contribution in [0.15, 0.2) is 48.5 Å². The number of nitrogens with one attached hydrogen (secondary N) is 1. The summed E-state index contributed by atoms with van der Waals surface area (Å²) in [5.41, 5.74) is 7.03. The van der Waals surface area contributed by atoms with E-state index in [1.165, 1.54) is 19.1 Å². The highest BCUT2D eigenvalue weighted by atomic mass is 19.1. The molecule has 0 atom stereocenters. The van der Waals surface area contributed by atoms with Crippen molar-refractivity contribution in [2.24, 2.45) is 0 Å². The van der Waals surface area contributed by atoms with E-state index >= 15 is 0 Å². The minimum absolute atomic E-state index is 0.214. The van der Waals surface area contributed by atoms with Crippen LogP contribution in [0, 0.1) is 5.82 Å². The molecule has 6 heteroatoms. The Morgan fingerprint density at radius 3 is 2.57 bits per heavy atom. The fourth-order valence-electron chi connectivity index (χ4n) is 2.19. The summed E-state index contributed by atoms with van der Waals surface area (Å²) in [6.07, 6.45) is 0.334. The van der Waals surface area contributed by atoms with Crippen molar-refractivity contribution in [1.82, 2.24) is 5.32 Å². The third kappa shape index (κ3) is 4.29. The number of rotatable bonds is 4. The zero-order valence-electron chi connectivity index (χ0n) is 12.8. The number of halogens is 1. The fraction of sp³-hybridized carbons (Fsp3) is 0.176. The molecular weight excluding hydrogens is 297 g/mol. The van der Waals surface area contributed by atoms with Crippen molar-refractivity contribution in [3.63, 3.8) is 0 Å². The maximum Gasteiger partial charge on any atom is 0.328 e. The van der Waals surface area contributed by atoms with Gasteiger partial charge in [-0.25, -0.2) is 14.1 Å². The van der Waals surface area contributed by atoms with E-state index in [1.54, 1.807) is 36.4 Å². The van der Waals surface area contributed by atoms with Gasteiger partial charge in [-0.2, -0.15) is 0 Å². The number of amides is 3. The molecule has 2 aromatic carbocycles. The molecule has 0 spiro atoms. The summed E-state index contributed by atoms with van der Waals surface area (Å²) in [4.78, 5) is 25.0. The number of nitrogen functional groups attached to an aromatic ring is 1. The number of anilines is 2. The highest BCUT2D eigenvalue weighted by Crippen LogP contribution is 2.18. The van der Waals surface area contributed by atoms with Gasteiger partial charge < -0.3 is 11.1 Å². The van der Waals surface area contributed by atoms with Crippen LogP contribution < -0.4 is 16.0 Å². The van der Waals surface area contributed by atoms with E-state index in [4.69, 9.17) is 5.73 Å². The number of carbonyl (C=O) groups excluding carboxylic acids is 2. The van der Waals surface area contributed by atoms with E-state index < -0.39 is 11.9 Å². The van der Waals surface area contributed by atoms with Gasteiger partial charge in [-0.3, -0.25) is 4.79 Å². The summed E-state index contributed by atoms with van der Waals surface area (Å²) < 4.78 is 13.5. The van der Waals surface area contributed by atoms with Crippen molar-refractivity contribution in [3.8, 4) is 0 Å². The van der Waals surface area contributed by atoms with Crippen molar-refractivity contribution in [2.45, 2.75) is 13.3 Å². The molecule has 0 aliphatic rings. The van der Waals surface area contributed by atoms with Gasteiger partial charge in [0, 0.05) is 19.2 Å². The van der Waals surface area contributed by atoms with E-state index in [2.05, 4.69) is 5.32 Å².